The molecule has 0 unspecified atom stereocenters. The second-order valence-electron chi connectivity index (χ2n) is 7.50. The summed E-state index contributed by atoms with van der Waals surface area (Å²) in [5.41, 5.74) is 3.07. The molecule has 152 valence electrons. The topological polar surface area (TPSA) is 45.1 Å². The van der Waals surface area contributed by atoms with E-state index in [2.05, 4.69) is 0 Å². The van der Waals surface area contributed by atoms with Crippen LogP contribution in [0.15, 0.2) is 70.5 Å². The van der Waals surface area contributed by atoms with Gasteiger partial charge in [-0.3, -0.25) is 9.80 Å². The van der Waals surface area contributed by atoms with Gasteiger partial charge in [0.1, 0.15) is 29.6 Å². The van der Waals surface area contributed by atoms with E-state index in [1.165, 1.54) is 12.1 Å². The first-order valence-corrected chi connectivity index (χ1v) is 10.7. The van der Waals surface area contributed by atoms with Crippen LogP contribution >= 0.6 is 11.3 Å². The van der Waals surface area contributed by atoms with Gasteiger partial charge in [0.05, 0.1) is 12.0 Å². The number of carbonyl (C=O) groups is 1. The molecule has 30 heavy (non-hydrogen) atoms. The van der Waals surface area contributed by atoms with E-state index < -0.39 is 0 Å². The molecular formula is C23H20FN3O2S. The zero-order valence-electron chi connectivity index (χ0n) is 16.4. The Morgan fingerprint density at radius 2 is 2.10 bits per heavy atom. The number of nitrogens with zero attached hydrogens (tertiary/aromatic N) is 3. The van der Waals surface area contributed by atoms with Gasteiger partial charge in [-0.25, -0.2) is 4.39 Å². The van der Waals surface area contributed by atoms with Gasteiger partial charge < -0.3 is 9.64 Å². The minimum absolute atomic E-state index is 0.137. The molecule has 5 nitrogen and oxygen atoms in total. The third-order valence-electron chi connectivity index (χ3n) is 5.51. The van der Waals surface area contributed by atoms with Crippen LogP contribution in [0.5, 0.6) is 5.75 Å². The summed E-state index contributed by atoms with van der Waals surface area (Å²) < 4.78 is 19.9. The highest BCUT2D eigenvalue weighted by molar-refractivity contribution is 7.07. The fourth-order valence-corrected chi connectivity index (χ4v) is 4.74. The Labute approximate surface area is 178 Å². The average Bonchev–Trinajstić information content (AvgIpc) is 3.41. The third kappa shape index (κ3) is 3.25. The van der Waals surface area contributed by atoms with Crippen molar-refractivity contribution in [2.75, 3.05) is 18.7 Å². The Morgan fingerprint density at radius 3 is 2.87 bits per heavy atom. The van der Waals surface area contributed by atoms with E-state index in [4.69, 9.17) is 9.84 Å². The van der Waals surface area contributed by atoms with Crippen LogP contribution < -0.4 is 9.75 Å². The first-order valence-electron chi connectivity index (χ1n) is 9.73. The number of amides is 1. The van der Waals surface area contributed by atoms with Crippen molar-refractivity contribution in [2.24, 2.45) is 5.10 Å². The number of anilines is 1. The van der Waals surface area contributed by atoms with Crippen molar-refractivity contribution in [2.45, 2.75) is 18.5 Å². The molecular weight excluding hydrogens is 401 g/mol. The molecule has 2 aliphatic heterocycles. The van der Waals surface area contributed by atoms with Gasteiger partial charge in [0.15, 0.2) is 0 Å². The SMILES string of the molecule is CN(Cc1ccsc1)C(=O)C1=NN2c3cc(F)ccc3OC[C@H]2[C@H]1c1ccccc1. The molecule has 0 N–H and O–H groups in total. The number of hydrogen-bond donors (Lipinski definition) is 0. The number of carbonyl (C=O) groups excluding carboxylic acids is 1. The monoisotopic (exact) mass is 421 g/mol. The van der Waals surface area contributed by atoms with Gasteiger partial charge in [0.25, 0.3) is 5.91 Å². The summed E-state index contributed by atoms with van der Waals surface area (Å²) in [6, 6.07) is 16.0. The van der Waals surface area contributed by atoms with Gasteiger partial charge in [0, 0.05) is 19.7 Å². The minimum Gasteiger partial charge on any atom is -0.489 e. The van der Waals surface area contributed by atoms with E-state index in [9.17, 15) is 9.18 Å². The molecule has 5 rings (SSSR count). The van der Waals surface area contributed by atoms with Crippen LogP contribution in [0.4, 0.5) is 10.1 Å². The number of rotatable bonds is 4. The van der Waals surface area contributed by atoms with E-state index in [0.29, 0.717) is 30.3 Å². The van der Waals surface area contributed by atoms with Gasteiger partial charge in [-0.1, -0.05) is 30.3 Å². The number of ether oxygens (including phenoxy) is 1. The molecule has 1 amide bonds. The first kappa shape index (κ1) is 18.8. The Hall–Kier alpha value is -3.19. The molecule has 0 spiro atoms. The van der Waals surface area contributed by atoms with E-state index >= 15 is 0 Å². The lowest BCUT2D eigenvalue weighted by molar-refractivity contribution is -0.123. The predicted molar refractivity (Wildman–Crippen MR) is 116 cm³/mol. The normalized spacial score (nSPS) is 19.5. The number of fused-ring (bicyclic) bond motifs is 3. The van der Waals surface area contributed by atoms with Gasteiger partial charge in [-0.05, 0) is 40.1 Å². The second kappa shape index (κ2) is 7.57. The van der Waals surface area contributed by atoms with Gasteiger partial charge in [-0.2, -0.15) is 16.4 Å². The van der Waals surface area contributed by atoms with Crippen molar-refractivity contribution in [1.29, 1.82) is 0 Å². The summed E-state index contributed by atoms with van der Waals surface area (Å²) in [5, 5.41) is 10.5. The fraction of sp³-hybridized carbons (Fsp3) is 0.217. The van der Waals surface area contributed by atoms with Crippen molar-refractivity contribution in [3.05, 3.63) is 82.3 Å². The van der Waals surface area contributed by atoms with Crippen LogP contribution in [-0.4, -0.2) is 36.2 Å². The molecule has 1 aromatic heterocycles. The van der Waals surface area contributed by atoms with Crippen LogP contribution in [0.1, 0.15) is 17.0 Å². The second-order valence-corrected chi connectivity index (χ2v) is 8.28. The molecule has 7 heteroatoms. The largest absolute Gasteiger partial charge is 0.489 e. The molecule has 3 aromatic rings. The van der Waals surface area contributed by atoms with E-state index in [-0.39, 0.29) is 23.7 Å². The lowest BCUT2D eigenvalue weighted by atomic mass is 9.87. The molecule has 3 heterocycles. The number of thiophene rings is 1. The standard InChI is InChI=1S/C23H20FN3O2S/c1-26(12-15-9-10-30-14-15)23(28)22-21(16-5-3-2-4-6-16)19-13-29-20-8-7-17(24)11-18(20)27(19)25-22/h2-11,14,19,21H,12-13H2,1H3/t19-,21+/m0/s1. The summed E-state index contributed by atoms with van der Waals surface area (Å²) >= 11 is 1.60. The predicted octanol–water partition coefficient (Wildman–Crippen LogP) is 4.27. The van der Waals surface area contributed by atoms with Crippen molar-refractivity contribution < 1.29 is 13.9 Å². The lowest BCUT2D eigenvalue weighted by Gasteiger charge is -2.33. The highest BCUT2D eigenvalue weighted by Crippen LogP contribution is 2.43. The fourth-order valence-electron chi connectivity index (χ4n) is 4.08. The van der Waals surface area contributed by atoms with E-state index in [1.807, 2.05) is 47.2 Å². The summed E-state index contributed by atoms with van der Waals surface area (Å²) in [7, 11) is 1.78. The molecule has 2 atom stereocenters. The van der Waals surface area contributed by atoms with Crippen molar-refractivity contribution in [1.82, 2.24) is 4.90 Å². The minimum atomic E-state index is -0.362. The Balaban J connectivity index is 1.54. The number of hydrazone groups is 1. The van der Waals surface area contributed by atoms with Crippen LogP contribution in [0.25, 0.3) is 0 Å². The Morgan fingerprint density at radius 1 is 1.27 bits per heavy atom. The van der Waals surface area contributed by atoms with E-state index in [0.717, 1.165) is 11.1 Å². The average molecular weight is 421 g/mol. The van der Waals surface area contributed by atoms with Crippen LogP contribution in [-0.2, 0) is 11.3 Å². The molecule has 0 radical (unpaired) electrons. The Bertz CT molecular complexity index is 1100. The van der Waals surface area contributed by atoms with Gasteiger partial charge in [0.2, 0.25) is 0 Å². The Kier molecular flexibility index (Phi) is 4.75. The van der Waals surface area contributed by atoms with Crippen LogP contribution in [0.2, 0.25) is 0 Å². The summed E-state index contributed by atoms with van der Waals surface area (Å²) in [6.45, 7) is 0.877. The maximum absolute atomic E-state index is 14.0. The highest BCUT2D eigenvalue weighted by Gasteiger charge is 2.46. The van der Waals surface area contributed by atoms with Crippen molar-refractivity contribution in [3.63, 3.8) is 0 Å². The maximum atomic E-state index is 14.0. The van der Waals surface area contributed by atoms with Crippen LogP contribution in [0.3, 0.4) is 0 Å². The van der Waals surface area contributed by atoms with Gasteiger partial charge >= 0.3 is 0 Å². The molecule has 0 fully saturated rings. The molecule has 0 aliphatic carbocycles. The lowest BCUT2D eigenvalue weighted by Crippen LogP contribution is -2.42. The van der Waals surface area contributed by atoms with Crippen LogP contribution in [0, 0.1) is 5.82 Å². The number of benzene rings is 2. The highest BCUT2D eigenvalue weighted by atomic mass is 32.1. The zero-order valence-corrected chi connectivity index (χ0v) is 17.2. The van der Waals surface area contributed by atoms with E-state index in [1.54, 1.807) is 34.4 Å². The molecule has 0 saturated carbocycles. The number of hydrogen-bond acceptors (Lipinski definition) is 5. The molecule has 0 bridgehead atoms. The molecule has 2 aromatic carbocycles. The maximum Gasteiger partial charge on any atom is 0.270 e. The summed E-state index contributed by atoms with van der Waals surface area (Å²) in [5.74, 6) is -0.190. The number of halogens is 1. The quantitative estimate of drug-likeness (QED) is 0.632. The molecule has 0 saturated heterocycles. The summed E-state index contributed by atoms with van der Waals surface area (Å²) in [4.78, 5) is 15.1. The van der Waals surface area contributed by atoms with Crippen molar-refractivity contribution >= 4 is 28.6 Å². The smallest absolute Gasteiger partial charge is 0.270 e. The molecule has 2 aliphatic rings. The van der Waals surface area contributed by atoms with Crippen molar-refractivity contribution in [3.8, 4) is 5.75 Å². The third-order valence-corrected chi connectivity index (χ3v) is 6.24. The van der Waals surface area contributed by atoms with Gasteiger partial charge in [-0.15, -0.1) is 0 Å². The zero-order chi connectivity index (χ0) is 20.7. The summed E-state index contributed by atoms with van der Waals surface area (Å²) in [6.07, 6.45) is 0. The first-order chi connectivity index (χ1) is 14.6.